The second kappa shape index (κ2) is 15.3. The van der Waals surface area contributed by atoms with Gasteiger partial charge < -0.3 is 42.0 Å². The first kappa shape index (κ1) is 33.2. The molecule has 1 aromatic heterocycles. The number of aliphatic carboxylic acids is 2. The number of carbonyl (C=O) groups is 5. The third-order valence-electron chi connectivity index (χ3n) is 7.37. The van der Waals surface area contributed by atoms with Gasteiger partial charge in [0.25, 0.3) is 0 Å². The Bertz CT molecular complexity index is 1690. The highest BCUT2D eigenvalue weighted by Crippen LogP contribution is 2.20. The minimum absolute atomic E-state index is 0.0114. The quantitative estimate of drug-likeness (QED) is 0.0946. The number of H-pyrrole nitrogens is 1. The molecule has 1 heterocycles. The van der Waals surface area contributed by atoms with Gasteiger partial charge in [0.2, 0.25) is 17.7 Å². The van der Waals surface area contributed by atoms with Gasteiger partial charge in [-0.1, -0.05) is 60.7 Å². The van der Waals surface area contributed by atoms with E-state index < -0.39 is 60.2 Å². The summed E-state index contributed by atoms with van der Waals surface area (Å²) in [6.45, 7) is 0. The molecule has 4 unspecified atom stereocenters. The van der Waals surface area contributed by atoms with E-state index in [4.69, 9.17) is 10.8 Å². The predicted molar refractivity (Wildman–Crippen MR) is 168 cm³/mol. The number of aromatic amines is 1. The van der Waals surface area contributed by atoms with Gasteiger partial charge in [-0.15, -0.1) is 0 Å². The lowest BCUT2D eigenvalue weighted by Crippen LogP contribution is -2.58. The van der Waals surface area contributed by atoms with E-state index in [2.05, 4.69) is 20.9 Å². The fraction of sp³-hybridized carbons (Fsp3) is 0.242. The van der Waals surface area contributed by atoms with Gasteiger partial charge in [0, 0.05) is 36.4 Å². The molecule has 0 saturated carbocycles. The second-order valence-corrected chi connectivity index (χ2v) is 10.9. The summed E-state index contributed by atoms with van der Waals surface area (Å²) < 4.78 is 0. The summed E-state index contributed by atoms with van der Waals surface area (Å²) in [5, 5.41) is 37.1. The van der Waals surface area contributed by atoms with Crippen LogP contribution in [0.4, 0.5) is 0 Å². The van der Waals surface area contributed by atoms with Gasteiger partial charge in [-0.2, -0.15) is 0 Å². The number of carboxylic acids is 2. The van der Waals surface area contributed by atoms with Crippen molar-refractivity contribution < 1.29 is 39.3 Å². The van der Waals surface area contributed by atoms with E-state index in [9.17, 15) is 34.2 Å². The van der Waals surface area contributed by atoms with Crippen molar-refractivity contribution in [3.05, 3.63) is 102 Å². The van der Waals surface area contributed by atoms with Crippen LogP contribution in [0.25, 0.3) is 10.9 Å². The molecule has 0 aliphatic carbocycles. The molecule has 13 nitrogen and oxygen atoms in total. The van der Waals surface area contributed by atoms with Crippen molar-refractivity contribution >= 4 is 40.6 Å². The number of benzene rings is 3. The molecule has 46 heavy (non-hydrogen) atoms. The molecular formula is C33H35N5O8. The molecule has 4 rings (SSSR count). The van der Waals surface area contributed by atoms with Gasteiger partial charge in [0.1, 0.15) is 23.9 Å². The number of aromatic nitrogens is 1. The van der Waals surface area contributed by atoms with Crippen molar-refractivity contribution in [1.29, 1.82) is 0 Å². The predicted octanol–water partition coefficient (Wildman–Crippen LogP) is 1.24. The van der Waals surface area contributed by atoms with Crippen LogP contribution in [0.3, 0.4) is 0 Å². The van der Waals surface area contributed by atoms with Crippen molar-refractivity contribution in [3.63, 3.8) is 0 Å². The highest BCUT2D eigenvalue weighted by molar-refractivity contribution is 5.95. The number of phenols is 1. The van der Waals surface area contributed by atoms with E-state index in [-0.39, 0.29) is 25.0 Å². The Morgan fingerprint density at radius 3 is 1.87 bits per heavy atom. The molecular weight excluding hydrogens is 594 g/mol. The topological polar surface area (TPSA) is 224 Å². The maximum absolute atomic E-state index is 13.8. The molecule has 0 aliphatic rings. The van der Waals surface area contributed by atoms with Crippen molar-refractivity contribution in [2.24, 2.45) is 5.73 Å². The third kappa shape index (κ3) is 9.16. The number of aromatic hydroxyl groups is 1. The zero-order valence-electron chi connectivity index (χ0n) is 24.7. The maximum atomic E-state index is 13.8. The van der Waals surface area contributed by atoms with E-state index in [1.54, 1.807) is 48.7 Å². The number of rotatable bonds is 15. The van der Waals surface area contributed by atoms with Crippen molar-refractivity contribution in [2.45, 2.75) is 49.9 Å². The first-order valence-electron chi connectivity index (χ1n) is 14.5. The average molecular weight is 630 g/mol. The van der Waals surface area contributed by atoms with Gasteiger partial charge in [-0.3, -0.25) is 19.2 Å². The van der Waals surface area contributed by atoms with Gasteiger partial charge in [0.15, 0.2) is 0 Å². The number of carbonyl (C=O) groups excluding carboxylic acids is 3. The molecule has 240 valence electrons. The number of carboxylic acid groups (broad SMARTS) is 2. The monoisotopic (exact) mass is 629 g/mol. The Morgan fingerprint density at radius 1 is 0.674 bits per heavy atom. The van der Waals surface area contributed by atoms with Crippen LogP contribution < -0.4 is 21.7 Å². The van der Waals surface area contributed by atoms with Gasteiger partial charge >= 0.3 is 11.9 Å². The molecule has 0 fully saturated rings. The summed E-state index contributed by atoms with van der Waals surface area (Å²) in [5.41, 5.74) is 8.44. The lowest BCUT2D eigenvalue weighted by Gasteiger charge is -2.25. The lowest BCUT2D eigenvalue weighted by atomic mass is 10.0. The van der Waals surface area contributed by atoms with Crippen LogP contribution in [0, 0.1) is 0 Å². The lowest BCUT2D eigenvalue weighted by molar-refractivity contribution is -0.142. The molecule has 4 aromatic rings. The Morgan fingerprint density at radius 2 is 1.22 bits per heavy atom. The number of fused-ring (bicyclic) bond motifs is 1. The van der Waals surface area contributed by atoms with Crippen LogP contribution in [-0.4, -0.2) is 74.1 Å². The van der Waals surface area contributed by atoms with Crippen LogP contribution in [0.15, 0.2) is 85.1 Å². The van der Waals surface area contributed by atoms with E-state index in [0.717, 1.165) is 10.9 Å². The van der Waals surface area contributed by atoms with Crippen LogP contribution in [-0.2, 0) is 43.2 Å². The fourth-order valence-electron chi connectivity index (χ4n) is 4.96. The summed E-state index contributed by atoms with van der Waals surface area (Å²) in [5.74, 6) is -5.03. The fourth-order valence-corrected chi connectivity index (χ4v) is 4.96. The van der Waals surface area contributed by atoms with Crippen molar-refractivity contribution in [2.75, 3.05) is 0 Å². The van der Waals surface area contributed by atoms with Crippen LogP contribution in [0.2, 0.25) is 0 Å². The van der Waals surface area contributed by atoms with Crippen LogP contribution in [0.5, 0.6) is 5.75 Å². The third-order valence-corrected chi connectivity index (χ3v) is 7.37. The largest absolute Gasteiger partial charge is 0.508 e. The van der Waals surface area contributed by atoms with Crippen molar-refractivity contribution in [1.82, 2.24) is 20.9 Å². The summed E-state index contributed by atoms with van der Waals surface area (Å²) in [6.07, 6.45) is 0.873. The molecule has 0 saturated heterocycles. The molecule has 9 N–H and O–H groups in total. The molecule has 4 atom stereocenters. The van der Waals surface area contributed by atoms with E-state index in [0.29, 0.717) is 16.7 Å². The molecule has 0 spiro atoms. The summed E-state index contributed by atoms with van der Waals surface area (Å²) in [6, 6.07) is 16.6. The number of nitrogens with two attached hydrogens (primary N) is 1. The van der Waals surface area contributed by atoms with Gasteiger partial charge in [0.05, 0.1) is 12.5 Å². The Balaban J connectivity index is 1.60. The molecule has 13 heteroatoms. The number of para-hydroxylation sites is 1. The molecule has 0 radical (unpaired) electrons. The van der Waals surface area contributed by atoms with Gasteiger partial charge in [-0.05, 0) is 34.9 Å². The standard InChI is InChI=1S/C33H35N5O8/c34-24(17-29(40)41)30(42)36-27(16-21-18-35-25-9-5-4-8-23(21)25)32(44)37-26(14-20-10-12-22(39)13-11-20)31(43)38-28(33(45)46)15-19-6-2-1-3-7-19/h1-13,18,24,26-28,35,39H,14-17,34H2,(H,36,42)(H,37,44)(H,38,43)(H,40,41)(H,45,46). The highest BCUT2D eigenvalue weighted by Gasteiger charge is 2.31. The second-order valence-electron chi connectivity index (χ2n) is 10.9. The first-order valence-corrected chi connectivity index (χ1v) is 14.5. The first-order chi connectivity index (χ1) is 22.0. The zero-order chi connectivity index (χ0) is 33.2. The minimum Gasteiger partial charge on any atom is -0.508 e. The Kier molecular flexibility index (Phi) is 11.1. The summed E-state index contributed by atoms with van der Waals surface area (Å²) in [4.78, 5) is 66.7. The zero-order valence-corrected chi connectivity index (χ0v) is 24.7. The number of hydrogen-bond acceptors (Lipinski definition) is 7. The van der Waals surface area contributed by atoms with E-state index in [1.165, 1.54) is 12.1 Å². The maximum Gasteiger partial charge on any atom is 0.326 e. The minimum atomic E-state index is -1.44. The van der Waals surface area contributed by atoms with Crippen molar-refractivity contribution in [3.8, 4) is 5.75 Å². The summed E-state index contributed by atoms with van der Waals surface area (Å²) >= 11 is 0. The number of phenolic OH excluding ortho intramolecular Hbond substituents is 1. The Labute approximate surface area is 263 Å². The number of hydrogen-bond donors (Lipinski definition) is 8. The summed E-state index contributed by atoms with van der Waals surface area (Å²) in [7, 11) is 0. The molecule has 0 aliphatic heterocycles. The van der Waals surface area contributed by atoms with E-state index >= 15 is 0 Å². The SMILES string of the molecule is NC(CC(=O)O)C(=O)NC(Cc1c[nH]c2ccccc12)C(=O)NC(Cc1ccc(O)cc1)C(=O)NC(Cc1ccccc1)C(=O)O. The molecule has 0 bridgehead atoms. The molecule has 3 amide bonds. The number of amides is 3. The Hall–Kier alpha value is -5.69. The van der Waals surface area contributed by atoms with Crippen LogP contribution in [0.1, 0.15) is 23.1 Å². The normalized spacial score (nSPS) is 13.6. The molecule has 3 aromatic carbocycles. The highest BCUT2D eigenvalue weighted by atomic mass is 16.4. The number of nitrogens with one attached hydrogen (secondary N) is 4. The van der Waals surface area contributed by atoms with E-state index in [1.807, 2.05) is 24.3 Å². The average Bonchev–Trinajstić information content (AvgIpc) is 3.43. The van der Waals surface area contributed by atoms with Crippen LogP contribution >= 0.6 is 0 Å². The van der Waals surface area contributed by atoms with Gasteiger partial charge in [-0.25, -0.2) is 4.79 Å². The smallest absolute Gasteiger partial charge is 0.326 e.